The van der Waals surface area contributed by atoms with Gasteiger partial charge in [0.15, 0.2) is 0 Å². The minimum atomic E-state index is -4.46. The fraction of sp³-hybridized carbons (Fsp3) is 0.462. The Bertz CT molecular complexity index is 491. The Labute approximate surface area is 123 Å². The second-order valence-electron chi connectivity index (χ2n) is 4.59. The monoisotopic (exact) mass is 352 g/mol. The molecule has 0 aromatic heterocycles. The average molecular weight is 353 g/mol. The van der Waals surface area contributed by atoms with Crippen LogP contribution >= 0.6 is 15.9 Å². The topological polar surface area (TPSA) is 55.1 Å². The highest BCUT2D eigenvalue weighted by atomic mass is 79.9. The third-order valence-electron chi connectivity index (χ3n) is 3.11. The molecule has 0 aliphatic carbocycles. The van der Waals surface area contributed by atoms with Crippen molar-refractivity contribution in [2.75, 3.05) is 5.32 Å². The smallest absolute Gasteiger partial charge is 0.324 e. The molecule has 0 heterocycles. The molecule has 20 heavy (non-hydrogen) atoms. The first-order chi connectivity index (χ1) is 9.16. The molecular weight excluding hydrogens is 337 g/mol. The van der Waals surface area contributed by atoms with Crippen molar-refractivity contribution in [2.45, 2.75) is 32.5 Å². The summed E-state index contributed by atoms with van der Waals surface area (Å²) < 4.78 is 38.2. The zero-order chi connectivity index (χ0) is 15.5. The van der Waals surface area contributed by atoms with Crippen molar-refractivity contribution in [3.63, 3.8) is 0 Å². The van der Waals surface area contributed by atoms with Crippen LogP contribution in [0.25, 0.3) is 0 Å². The van der Waals surface area contributed by atoms with E-state index < -0.39 is 23.7 Å². The van der Waals surface area contributed by atoms with E-state index in [1.807, 2.05) is 13.8 Å². The molecule has 7 heteroatoms. The van der Waals surface area contributed by atoms with Gasteiger partial charge in [-0.05, 0) is 40.0 Å². The van der Waals surface area contributed by atoms with Crippen molar-refractivity contribution >= 4 is 27.5 Å². The van der Waals surface area contributed by atoms with E-state index in [4.69, 9.17) is 5.73 Å². The molecule has 0 saturated heterocycles. The van der Waals surface area contributed by atoms with Gasteiger partial charge in [-0.25, -0.2) is 0 Å². The number of alkyl halides is 3. The molecule has 1 rings (SSSR count). The lowest BCUT2D eigenvalue weighted by Gasteiger charge is -2.19. The first-order valence-corrected chi connectivity index (χ1v) is 6.89. The van der Waals surface area contributed by atoms with E-state index >= 15 is 0 Å². The second-order valence-corrected chi connectivity index (χ2v) is 5.45. The van der Waals surface area contributed by atoms with Gasteiger partial charge in [-0.2, -0.15) is 13.2 Å². The number of amides is 1. The number of nitrogens with one attached hydrogen (secondary N) is 1. The Kier molecular flexibility index (Phi) is 5.59. The summed E-state index contributed by atoms with van der Waals surface area (Å²) in [5.41, 5.74) is 4.98. The summed E-state index contributed by atoms with van der Waals surface area (Å²) in [6, 6.07) is 2.30. The van der Waals surface area contributed by atoms with Crippen molar-refractivity contribution in [3.8, 4) is 0 Å². The van der Waals surface area contributed by atoms with Crippen LogP contribution in [0.1, 0.15) is 25.8 Å². The third kappa shape index (κ3) is 4.21. The molecule has 0 aliphatic rings. The van der Waals surface area contributed by atoms with Gasteiger partial charge in [0.25, 0.3) is 0 Å². The number of carbonyl (C=O) groups is 1. The molecular formula is C13H16BrF3N2O. The van der Waals surface area contributed by atoms with Gasteiger partial charge in [-0.1, -0.05) is 20.3 Å². The average Bonchev–Trinajstić information content (AvgIpc) is 2.38. The lowest BCUT2D eigenvalue weighted by molar-refractivity contribution is -0.137. The molecule has 0 saturated carbocycles. The predicted molar refractivity (Wildman–Crippen MR) is 75.2 cm³/mol. The molecule has 3 nitrogen and oxygen atoms in total. The van der Waals surface area contributed by atoms with Gasteiger partial charge >= 0.3 is 6.18 Å². The zero-order valence-electron chi connectivity index (χ0n) is 11.1. The Morgan fingerprint density at radius 2 is 2.05 bits per heavy atom. The summed E-state index contributed by atoms with van der Waals surface area (Å²) in [6.07, 6.45) is -3.75. The molecule has 1 aromatic carbocycles. The maximum absolute atomic E-state index is 12.6. The Hall–Kier alpha value is -1.08. The summed E-state index contributed by atoms with van der Waals surface area (Å²) in [4.78, 5) is 11.9. The van der Waals surface area contributed by atoms with Crippen LogP contribution in [0, 0.1) is 5.92 Å². The second kappa shape index (κ2) is 6.58. The van der Waals surface area contributed by atoms with Gasteiger partial charge in [-0.15, -0.1) is 0 Å². The highest BCUT2D eigenvalue weighted by Crippen LogP contribution is 2.34. The summed E-state index contributed by atoms with van der Waals surface area (Å²) in [7, 11) is 0. The molecule has 0 bridgehead atoms. The van der Waals surface area contributed by atoms with Crippen LogP contribution < -0.4 is 11.1 Å². The van der Waals surface area contributed by atoms with E-state index in [2.05, 4.69) is 21.2 Å². The van der Waals surface area contributed by atoms with E-state index in [1.54, 1.807) is 0 Å². The van der Waals surface area contributed by atoms with Crippen LogP contribution in [-0.4, -0.2) is 11.9 Å². The summed E-state index contributed by atoms with van der Waals surface area (Å²) in [6.45, 7) is 3.70. The van der Waals surface area contributed by atoms with Gasteiger partial charge in [0.2, 0.25) is 5.91 Å². The van der Waals surface area contributed by atoms with Gasteiger partial charge < -0.3 is 11.1 Å². The minimum absolute atomic E-state index is 0.0559. The lowest BCUT2D eigenvalue weighted by Crippen LogP contribution is -2.40. The molecule has 0 fully saturated rings. The molecule has 1 amide bonds. The molecule has 0 aliphatic heterocycles. The first kappa shape index (κ1) is 17.0. The first-order valence-electron chi connectivity index (χ1n) is 6.10. The standard InChI is InChI=1S/C13H16BrF3N2O/c1-3-7(2)11(18)12(20)19-10-6-8(13(15,16)17)4-5-9(10)14/h4-7,11H,3,18H2,1-2H3,(H,19,20)/t7-,11-/m0/s1. The maximum Gasteiger partial charge on any atom is 0.416 e. The normalized spacial score (nSPS) is 14.8. The van der Waals surface area contributed by atoms with Gasteiger partial charge in [-0.3, -0.25) is 4.79 Å². The fourth-order valence-electron chi connectivity index (χ4n) is 1.53. The van der Waals surface area contributed by atoms with E-state index in [0.29, 0.717) is 10.9 Å². The van der Waals surface area contributed by atoms with E-state index in [9.17, 15) is 18.0 Å². The van der Waals surface area contributed by atoms with Crippen LogP contribution in [-0.2, 0) is 11.0 Å². The quantitative estimate of drug-likeness (QED) is 0.866. The van der Waals surface area contributed by atoms with Crippen LogP contribution in [0.4, 0.5) is 18.9 Å². The minimum Gasteiger partial charge on any atom is -0.324 e. The summed E-state index contributed by atoms with van der Waals surface area (Å²) in [5, 5.41) is 2.43. The van der Waals surface area contributed by atoms with Crippen LogP contribution in [0.15, 0.2) is 22.7 Å². The van der Waals surface area contributed by atoms with E-state index in [0.717, 1.165) is 12.1 Å². The van der Waals surface area contributed by atoms with Crippen LogP contribution in [0.3, 0.4) is 0 Å². The van der Waals surface area contributed by atoms with Crippen molar-refractivity contribution in [3.05, 3.63) is 28.2 Å². The summed E-state index contributed by atoms with van der Waals surface area (Å²) in [5.74, 6) is -0.557. The molecule has 3 N–H and O–H groups in total. The van der Waals surface area contributed by atoms with Crippen molar-refractivity contribution in [1.29, 1.82) is 0 Å². The Morgan fingerprint density at radius 1 is 1.45 bits per heavy atom. The largest absolute Gasteiger partial charge is 0.416 e. The Morgan fingerprint density at radius 3 is 2.55 bits per heavy atom. The van der Waals surface area contributed by atoms with Crippen LogP contribution in [0.2, 0.25) is 0 Å². The lowest BCUT2D eigenvalue weighted by atomic mass is 9.99. The number of nitrogens with two attached hydrogens (primary N) is 1. The summed E-state index contributed by atoms with van der Waals surface area (Å²) >= 11 is 3.11. The predicted octanol–water partition coefficient (Wildman–Crippen LogP) is 3.78. The molecule has 1 aromatic rings. The molecule has 112 valence electrons. The fourth-order valence-corrected chi connectivity index (χ4v) is 1.87. The number of carbonyl (C=O) groups excluding carboxylic acids is 1. The molecule has 0 radical (unpaired) electrons. The number of anilines is 1. The maximum atomic E-state index is 12.6. The van der Waals surface area contributed by atoms with Crippen molar-refractivity contribution in [2.24, 2.45) is 11.7 Å². The van der Waals surface area contributed by atoms with Crippen LogP contribution in [0.5, 0.6) is 0 Å². The number of hydrogen-bond acceptors (Lipinski definition) is 2. The van der Waals surface area contributed by atoms with E-state index in [1.165, 1.54) is 6.07 Å². The number of benzene rings is 1. The third-order valence-corrected chi connectivity index (χ3v) is 3.80. The Balaban J connectivity index is 2.95. The number of halogens is 4. The highest BCUT2D eigenvalue weighted by Gasteiger charge is 2.31. The van der Waals surface area contributed by atoms with Gasteiger partial charge in [0.05, 0.1) is 17.3 Å². The van der Waals surface area contributed by atoms with Crippen molar-refractivity contribution < 1.29 is 18.0 Å². The number of hydrogen-bond donors (Lipinski definition) is 2. The molecule has 0 unspecified atom stereocenters. The zero-order valence-corrected chi connectivity index (χ0v) is 12.7. The number of rotatable bonds is 4. The SMILES string of the molecule is CC[C@H](C)[C@H](N)C(=O)Nc1cc(C(F)(F)F)ccc1Br. The van der Waals surface area contributed by atoms with Crippen molar-refractivity contribution in [1.82, 2.24) is 0 Å². The van der Waals surface area contributed by atoms with Gasteiger partial charge in [0, 0.05) is 4.47 Å². The van der Waals surface area contributed by atoms with Gasteiger partial charge in [0.1, 0.15) is 0 Å². The highest BCUT2D eigenvalue weighted by molar-refractivity contribution is 9.10. The molecule has 2 atom stereocenters. The van der Waals surface area contributed by atoms with E-state index in [-0.39, 0.29) is 11.6 Å². The molecule has 0 spiro atoms.